The normalized spacial score (nSPS) is 11.1. The maximum Gasteiger partial charge on any atom is 0.200 e. The number of hydrogen-bond donors (Lipinski definition) is 3. The van der Waals surface area contributed by atoms with Crippen LogP contribution in [0.4, 0.5) is 0 Å². The summed E-state index contributed by atoms with van der Waals surface area (Å²) in [5.74, 6) is -0.634. The van der Waals surface area contributed by atoms with Gasteiger partial charge in [-0.05, 0) is 30.4 Å². The molecular weight excluding hydrogens is 228 g/mol. The van der Waals surface area contributed by atoms with E-state index in [0.29, 0.717) is 5.56 Å². The fourth-order valence-corrected chi connectivity index (χ4v) is 2.10. The van der Waals surface area contributed by atoms with Gasteiger partial charge >= 0.3 is 0 Å². The lowest BCUT2D eigenvalue weighted by molar-refractivity contribution is 0.360. The number of aryl methyl sites for hydroxylation is 1. The first-order chi connectivity index (χ1) is 8.49. The minimum absolute atomic E-state index is 0.117. The highest BCUT2D eigenvalue weighted by Crippen LogP contribution is 2.43. The van der Waals surface area contributed by atoms with E-state index in [1.54, 1.807) is 6.07 Å². The van der Waals surface area contributed by atoms with Crippen LogP contribution in [0.1, 0.15) is 63.5 Å². The summed E-state index contributed by atoms with van der Waals surface area (Å²) in [5.41, 5.74) is 1.42. The molecular formula is C15H24O3. The Hall–Kier alpha value is -1.38. The van der Waals surface area contributed by atoms with E-state index in [0.717, 1.165) is 24.8 Å². The van der Waals surface area contributed by atoms with Crippen LogP contribution in [0.3, 0.4) is 0 Å². The van der Waals surface area contributed by atoms with Gasteiger partial charge in [0.2, 0.25) is 5.75 Å². The number of phenolic OH excluding ortho intramolecular Hbond substituents is 3. The Labute approximate surface area is 109 Å². The molecule has 3 heteroatoms. The first-order valence-electron chi connectivity index (χ1n) is 6.75. The number of hydrogen-bond acceptors (Lipinski definition) is 3. The van der Waals surface area contributed by atoms with E-state index in [1.807, 2.05) is 13.8 Å². The van der Waals surface area contributed by atoms with E-state index in [2.05, 4.69) is 6.92 Å². The summed E-state index contributed by atoms with van der Waals surface area (Å²) in [6, 6.07) is 1.81. The molecule has 0 spiro atoms. The Morgan fingerprint density at radius 1 is 0.944 bits per heavy atom. The molecule has 0 bridgehead atoms. The zero-order chi connectivity index (χ0) is 13.7. The van der Waals surface area contributed by atoms with E-state index >= 15 is 0 Å². The van der Waals surface area contributed by atoms with Gasteiger partial charge in [-0.3, -0.25) is 0 Å². The molecule has 0 aliphatic carbocycles. The molecule has 0 fully saturated rings. The summed E-state index contributed by atoms with van der Waals surface area (Å²) in [5, 5.41) is 29.3. The lowest BCUT2D eigenvalue weighted by Crippen LogP contribution is -1.94. The van der Waals surface area contributed by atoms with Gasteiger partial charge in [0.25, 0.3) is 0 Å². The zero-order valence-electron chi connectivity index (χ0n) is 11.5. The lowest BCUT2D eigenvalue weighted by atomic mass is 9.95. The van der Waals surface area contributed by atoms with Crippen LogP contribution in [-0.4, -0.2) is 15.3 Å². The van der Waals surface area contributed by atoms with Crippen LogP contribution in [0.2, 0.25) is 0 Å². The molecule has 1 aromatic carbocycles. The Bertz CT molecular complexity index is 397. The Morgan fingerprint density at radius 2 is 1.61 bits per heavy atom. The highest BCUT2D eigenvalue weighted by Gasteiger charge is 2.17. The van der Waals surface area contributed by atoms with Crippen molar-refractivity contribution >= 4 is 0 Å². The summed E-state index contributed by atoms with van der Waals surface area (Å²) in [4.78, 5) is 0. The summed E-state index contributed by atoms with van der Waals surface area (Å²) >= 11 is 0. The van der Waals surface area contributed by atoms with Crippen molar-refractivity contribution in [1.82, 2.24) is 0 Å². The van der Waals surface area contributed by atoms with Crippen LogP contribution in [-0.2, 0) is 6.42 Å². The first-order valence-corrected chi connectivity index (χ1v) is 6.75. The molecule has 0 saturated heterocycles. The lowest BCUT2D eigenvalue weighted by Gasteiger charge is -2.14. The molecule has 1 rings (SSSR count). The maximum atomic E-state index is 9.83. The van der Waals surface area contributed by atoms with E-state index in [1.165, 1.54) is 12.8 Å². The minimum atomic E-state index is -0.383. The fourth-order valence-electron chi connectivity index (χ4n) is 2.10. The number of benzene rings is 1. The van der Waals surface area contributed by atoms with Gasteiger partial charge in [-0.1, -0.05) is 40.0 Å². The van der Waals surface area contributed by atoms with Gasteiger partial charge < -0.3 is 15.3 Å². The van der Waals surface area contributed by atoms with Crippen molar-refractivity contribution in [2.45, 2.75) is 58.8 Å². The second-order valence-corrected chi connectivity index (χ2v) is 5.14. The van der Waals surface area contributed by atoms with Crippen LogP contribution in [0, 0.1) is 0 Å². The van der Waals surface area contributed by atoms with Crippen LogP contribution >= 0.6 is 0 Å². The SMILES string of the molecule is CCCCCCc1cc(C(C)C)c(O)c(O)c1O. The standard InChI is InChI=1S/C15H24O3/c1-4-5-6-7-8-11-9-12(10(2)3)14(17)15(18)13(11)16/h9-10,16-18H,4-8H2,1-3H3. The highest BCUT2D eigenvalue weighted by atomic mass is 16.3. The first kappa shape index (κ1) is 14.7. The molecule has 0 amide bonds. The predicted octanol–water partition coefficient (Wildman–Crippen LogP) is 4.05. The largest absolute Gasteiger partial charge is 0.504 e. The van der Waals surface area contributed by atoms with E-state index in [-0.39, 0.29) is 23.2 Å². The number of phenols is 3. The average molecular weight is 252 g/mol. The second kappa shape index (κ2) is 6.53. The van der Waals surface area contributed by atoms with Crippen molar-refractivity contribution in [3.8, 4) is 17.2 Å². The van der Waals surface area contributed by atoms with Gasteiger partial charge in [-0.2, -0.15) is 0 Å². The van der Waals surface area contributed by atoms with Gasteiger partial charge in [-0.25, -0.2) is 0 Å². The molecule has 0 aliphatic rings. The molecule has 3 nitrogen and oxygen atoms in total. The predicted molar refractivity (Wildman–Crippen MR) is 73.4 cm³/mol. The van der Waals surface area contributed by atoms with Crippen molar-refractivity contribution in [1.29, 1.82) is 0 Å². The van der Waals surface area contributed by atoms with Crippen LogP contribution in [0.15, 0.2) is 6.07 Å². The third kappa shape index (κ3) is 3.31. The van der Waals surface area contributed by atoms with E-state index in [4.69, 9.17) is 0 Å². The Morgan fingerprint density at radius 3 is 2.17 bits per heavy atom. The third-order valence-corrected chi connectivity index (χ3v) is 3.28. The highest BCUT2D eigenvalue weighted by molar-refractivity contribution is 5.58. The Kier molecular flexibility index (Phi) is 5.32. The van der Waals surface area contributed by atoms with Gasteiger partial charge in [0.15, 0.2) is 11.5 Å². The third-order valence-electron chi connectivity index (χ3n) is 3.28. The van der Waals surface area contributed by atoms with Gasteiger partial charge in [0.1, 0.15) is 0 Å². The number of unbranched alkanes of at least 4 members (excludes halogenated alkanes) is 3. The molecule has 1 aromatic rings. The molecule has 0 aromatic heterocycles. The van der Waals surface area contributed by atoms with Gasteiger partial charge in [-0.15, -0.1) is 0 Å². The number of rotatable bonds is 6. The molecule has 0 aliphatic heterocycles. The van der Waals surface area contributed by atoms with Crippen molar-refractivity contribution in [3.63, 3.8) is 0 Å². The summed E-state index contributed by atoms with van der Waals surface area (Å²) in [7, 11) is 0. The van der Waals surface area contributed by atoms with Crippen LogP contribution < -0.4 is 0 Å². The van der Waals surface area contributed by atoms with Crippen molar-refractivity contribution in [2.75, 3.05) is 0 Å². The molecule has 0 radical (unpaired) electrons. The van der Waals surface area contributed by atoms with Crippen molar-refractivity contribution in [2.24, 2.45) is 0 Å². The molecule has 0 heterocycles. The topological polar surface area (TPSA) is 60.7 Å². The summed E-state index contributed by atoms with van der Waals surface area (Å²) < 4.78 is 0. The second-order valence-electron chi connectivity index (χ2n) is 5.14. The van der Waals surface area contributed by atoms with Gasteiger partial charge in [0, 0.05) is 5.56 Å². The van der Waals surface area contributed by atoms with Crippen LogP contribution in [0.5, 0.6) is 17.2 Å². The monoisotopic (exact) mass is 252 g/mol. The summed E-state index contributed by atoms with van der Waals surface area (Å²) in [6.45, 7) is 6.06. The van der Waals surface area contributed by atoms with E-state index < -0.39 is 0 Å². The van der Waals surface area contributed by atoms with Crippen molar-refractivity contribution < 1.29 is 15.3 Å². The maximum absolute atomic E-state index is 9.83. The minimum Gasteiger partial charge on any atom is -0.504 e. The zero-order valence-corrected chi connectivity index (χ0v) is 11.5. The van der Waals surface area contributed by atoms with Gasteiger partial charge in [0.05, 0.1) is 0 Å². The van der Waals surface area contributed by atoms with Crippen LogP contribution in [0.25, 0.3) is 0 Å². The van der Waals surface area contributed by atoms with E-state index in [9.17, 15) is 15.3 Å². The molecule has 18 heavy (non-hydrogen) atoms. The molecule has 0 atom stereocenters. The molecule has 0 saturated carbocycles. The van der Waals surface area contributed by atoms with Crippen molar-refractivity contribution in [3.05, 3.63) is 17.2 Å². The molecule has 3 N–H and O–H groups in total. The summed E-state index contributed by atoms with van der Waals surface area (Å²) in [6.07, 6.45) is 5.20. The Balaban J connectivity index is 2.90. The number of aromatic hydroxyl groups is 3. The average Bonchev–Trinajstić information content (AvgIpc) is 2.33. The quantitative estimate of drug-likeness (QED) is 0.528. The smallest absolute Gasteiger partial charge is 0.200 e. The molecule has 0 unspecified atom stereocenters. The fraction of sp³-hybridized carbons (Fsp3) is 0.600. The molecule has 102 valence electrons.